The number of halogens is 2. The summed E-state index contributed by atoms with van der Waals surface area (Å²) in [6.45, 7) is 2.38. The van der Waals surface area contributed by atoms with Gasteiger partial charge in [-0.15, -0.1) is 0 Å². The predicted molar refractivity (Wildman–Crippen MR) is 83.1 cm³/mol. The van der Waals surface area contributed by atoms with Crippen molar-refractivity contribution in [2.75, 3.05) is 19.6 Å². The Balaban J connectivity index is 1.86. The molecule has 1 aromatic carbocycles. The summed E-state index contributed by atoms with van der Waals surface area (Å²) in [4.78, 5) is 14.1. The van der Waals surface area contributed by atoms with E-state index in [9.17, 15) is 9.90 Å². The number of hydrogen-bond acceptors (Lipinski definition) is 3. The number of aromatic hydroxyl groups is 1. The molecule has 21 heavy (non-hydrogen) atoms. The number of phenols is 1. The first-order valence-electron chi connectivity index (χ1n) is 7.25. The van der Waals surface area contributed by atoms with E-state index >= 15 is 0 Å². The molecule has 0 bridgehead atoms. The predicted octanol–water partition coefficient (Wildman–Crippen LogP) is 2.77. The minimum Gasteiger partial charge on any atom is -0.508 e. The molecular weight excluding hydrogens is 311 g/mol. The normalized spacial score (nSPS) is 26.4. The van der Waals surface area contributed by atoms with Crippen molar-refractivity contribution in [3.05, 3.63) is 27.7 Å². The average Bonchev–Trinajstić information content (AvgIpc) is 2.99. The number of nitrogens with zero attached hydrogens (tertiary/aromatic N) is 1. The van der Waals surface area contributed by atoms with Gasteiger partial charge < -0.3 is 15.3 Å². The van der Waals surface area contributed by atoms with E-state index in [1.807, 2.05) is 4.90 Å². The minimum absolute atomic E-state index is 0.0366. The molecule has 114 valence electrons. The first kappa shape index (κ1) is 14.9. The van der Waals surface area contributed by atoms with Crippen LogP contribution in [0.3, 0.4) is 0 Å². The molecule has 2 saturated heterocycles. The number of likely N-dealkylation sites (tertiary alicyclic amines) is 1. The van der Waals surface area contributed by atoms with Crippen molar-refractivity contribution in [3.8, 4) is 5.75 Å². The Hall–Kier alpha value is -0.970. The molecule has 6 heteroatoms. The van der Waals surface area contributed by atoms with E-state index in [1.54, 1.807) is 12.1 Å². The highest BCUT2D eigenvalue weighted by Crippen LogP contribution is 2.41. The maximum atomic E-state index is 12.2. The second-order valence-corrected chi connectivity index (χ2v) is 6.51. The van der Waals surface area contributed by atoms with Crippen LogP contribution in [0.15, 0.2) is 12.1 Å². The van der Waals surface area contributed by atoms with Gasteiger partial charge in [-0.3, -0.25) is 4.79 Å². The maximum absolute atomic E-state index is 12.2. The number of benzene rings is 1. The second-order valence-electron chi connectivity index (χ2n) is 5.72. The molecule has 0 saturated carbocycles. The number of piperidine rings is 1. The smallest absolute Gasteiger partial charge is 0.222 e. The van der Waals surface area contributed by atoms with Crippen molar-refractivity contribution in [1.29, 1.82) is 0 Å². The van der Waals surface area contributed by atoms with Gasteiger partial charge in [0.1, 0.15) is 5.75 Å². The van der Waals surface area contributed by atoms with Gasteiger partial charge in [0.15, 0.2) is 0 Å². The third kappa shape index (κ3) is 2.85. The molecule has 2 heterocycles. The number of carbonyl (C=O) groups is 1. The van der Waals surface area contributed by atoms with Gasteiger partial charge in [-0.1, -0.05) is 23.2 Å². The summed E-state index contributed by atoms with van der Waals surface area (Å²) in [7, 11) is 0. The molecule has 4 nitrogen and oxygen atoms in total. The highest BCUT2D eigenvalue weighted by molar-refractivity contribution is 6.42. The monoisotopic (exact) mass is 328 g/mol. The highest BCUT2D eigenvalue weighted by atomic mass is 35.5. The number of phenolic OH excluding ortho intramolecular Hbond substituents is 1. The van der Waals surface area contributed by atoms with Crippen LogP contribution in [0.4, 0.5) is 0 Å². The molecule has 1 amide bonds. The first-order chi connectivity index (χ1) is 10.1. The third-order valence-corrected chi connectivity index (χ3v) is 5.26. The number of hydrogen-bond donors (Lipinski definition) is 2. The van der Waals surface area contributed by atoms with Gasteiger partial charge in [0.25, 0.3) is 0 Å². The molecule has 0 aromatic heterocycles. The molecular formula is C15H18Cl2N2O2. The van der Waals surface area contributed by atoms with Gasteiger partial charge in [0, 0.05) is 37.0 Å². The summed E-state index contributed by atoms with van der Waals surface area (Å²) >= 11 is 12.3. The number of rotatable bonds is 2. The summed E-state index contributed by atoms with van der Waals surface area (Å²) in [6, 6.07) is 3.41. The fraction of sp³-hybridized carbons (Fsp3) is 0.533. The molecule has 2 atom stereocenters. The van der Waals surface area contributed by atoms with E-state index in [-0.39, 0.29) is 23.6 Å². The molecule has 1 aromatic rings. The van der Waals surface area contributed by atoms with Crippen molar-refractivity contribution < 1.29 is 9.90 Å². The Labute approximate surface area is 134 Å². The Morgan fingerprint density at radius 2 is 2.10 bits per heavy atom. The van der Waals surface area contributed by atoms with Crippen LogP contribution in [0.2, 0.25) is 10.0 Å². The molecule has 3 rings (SSSR count). The lowest BCUT2D eigenvalue weighted by molar-refractivity contribution is -0.136. The maximum Gasteiger partial charge on any atom is 0.222 e. The molecule has 2 N–H and O–H groups in total. The average molecular weight is 329 g/mol. The van der Waals surface area contributed by atoms with Gasteiger partial charge in [0.2, 0.25) is 5.91 Å². The Morgan fingerprint density at radius 1 is 1.29 bits per heavy atom. The van der Waals surface area contributed by atoms with Crippen LogP contribution in [0.25, 0.3) is 0 Å². The molecule has 0 unspecified atom stereocenters. The van der Waals surface area contributed by atoms with E-state index < -0.39 is 0 Å². The van der Waals surface area contributed by atoms with E-state index in [2.05, 4.69) is 5.32 Å². The van der Waals surface area contributed by atoms with Crippen LogP contribution in [0.5, 0.6) is 5.75 Å². The van der Waals surface area contributed by atoms with E-state index in [0.29, 0.717) is 35.0 Å². The molecule has 2 aliphatic rings. The van der Waals surface area contributed by atoms with Gasteiger partial charge in [0.05, 0.1) is 10.0 Å². The summed E-state index contributed by atoms with van der Waals surface area (Å²) in [5.74, 6) is 0.389. The summed E-state index contributed by atoms with van der Waals surface area (Å²) in [6.07, 6.45) is 2.17. The minimum atomic E-state index is 0.0366. The molecule has 0 aliphatic carbocycles. The number of amides is 1. The summed E-state index contributed by atoms with van der Waals surface area (Å²) < 4.78 is 0. The highest BCUT2D eigenvalue weighted by Gasteiger charge is 2.34. The van der Waals surface area contributed by atoms with Crippen molar-refractivity contribution in [3.63, 3.8) is 0 Å². The van der Waals surface area contributed by atoms with Crippen LogP contribution in [-0.4, -0.2) is 41.6 Å². The molecule has 2 aliphatic heterocycles. The van der Waals surface area contributed by atoms with Crippen LogP contribution in [-0.2, 0) is 4.79 Å². The second kappa shape index (κ2) is 6.03. The Kier molecular flexibility index (Phi) is 4.29. The Morgan fingerprint density at radius 3 is 2.81 bits per heavy atom. The summed E-state index contributed by atoms with van der Waals surface area (Å²) in [5.41, 5.74) is 0.674. The lowest BCUT2D eigenvalue weighted by Gasteiger charge is -2.37. The lowest BCUT2D eigenvalue weighted by Crippen LogP contribution is -2.46. The standard InChI is InChI=1S/C15H18Cl2N2O2/c16-11-2-3-12(20)14(15(11)17)9-1-4-13(21)19(8-9)10-5-6-18-7-10/h2-3,9-10,18,20H,1,4-8H2/t9-,10-/m0/s1. The van der Waals surface area contributed by atoms with Crippen LogP contribution in [0.1, 0.15) is 30.7 Å². The van der Waals surface area contributed by atoms with E-state index in [4.69, 9.17) is 23.2 Å². The lowest BCUT2D eigenvalue weighted by atomic mass is 9.88. The van der Waals surface area contributed by atoms with Gasteiger partial charge in [-0.25, -0.2) is 0 Å². The topological polar surface area (TPSA) is 52.6 Å². The van der Waals surface area contributed by atoms with Crippen LogP contribution >= 0.6 is 23.2 Å². The van der Waals surface area contributed by atoms with Gasteiger partial charge in [-0.05, 0) is 31.5 Å². The first-order valence-corrected chi connectivity index (χ1v) is 8.00. The van der Waals surface area contributed by atoms with Crippen molar-refractivity contribution in [2.24, 2.45) is 0 Å². The van der Waals surface area contributed by atoms with Crippen molar-refractivity contribution in [2.45, 2.75) is 31.2 Å². The molecule has 0 radical (unpaired) electrons. The zero-order valence-electron chi connectivity index (χ0n) is 11.6. The summed E-state index contributed by atoms with van der Waals surface area (Å²) in [5, 5.41) is 14.3. The van der Waals surface area contributed by atoms with Crippen molar-refractivity contribution >= 4 is 29.1 Å². The molecule has 0 spiro atoms. The zero-order valence-corrected chi connectivity index (χ0v) is 13.1. The van der Waals surface area contributed by atoms with Gasteiger partial charge in [-0.2, -0.15) is 0 Å². The quantitative estimate of drug-likeness (QED) is 0.877. The zero-order chi connectivity index (χ0) is 15.0. The Bertz CT molecular complexity index is 559. The van der Waals surface area contributed by atoms with E-state index in [0.717, 1.165) is 19.5 Å². The number of nitrogens with one attached hydrogen (secondary N) is 1. The molecule has 2 fully saturated rings. The van der Waals surface area contributed by atoms with E-state index in [1.165, 1.54) is 0 Å². The van der Waals surface area contributed by atoms with Crippen LogP contribution in [0, 0.1) is 0 Å². The van der Waals surface area contributed by atoms with Crippen LogP contribution < -0.4 is 5.32 Å². The fourth-order valence-electron chi connectivity index (χ4n) is 3.31. The SMILES string of the molecule is O=C1CC[C@H](c2c(O)ccc(Cl)c2Cl)CN1[C@H]1CCNC1. The number of carbonyl (C=O) groups excluding carboxylic acids is 1. The van der Waals surface area contributed by atoms with Gasteiger partial charge >= 0.3 is 0 Å². The third-order valence-electron chi connectivity index (χ3n) is 4.44. The largest absolute Gasteiger partial charge is 0.508 e. The fourth-order valence-corrected chi connectivity index (χ4v) is 3.79. The van der Waals surface area contributed by atoms with Crippen molar-refractivity contribution in [1.82, 2.24) is 10.2 Å².